The number of carbonyl (C=O) groups excluding carboxylic acids is 3. The highest BCUT2D eigenvalue weighted by Gasteiger charge is 2.27. The summed E-state index contributed by atoms with van der Waals surface area (Å²) < 4.78 is 19.4. The average molecular weight is 618 g/mol. The molecular weight excluding hydrogens is 578 g/mol. The van der Waals surface area contributed by atoms with Crippen molar-refractivity contribution in [2.75, 3.05) is 0 Å². The predicted molar refractivity (Wildman–Crippen MR) is 163 cm³/mol. The van der Waals surface area contributed by atoms with Crippen LogP contribution in [0, 0.1) is 13.8 Å². The van der Waals surface area contributed by atoms with E-state index in [1.165, 1.54) is 0 Å². The van der Waals surface area contributed by atoms with Crippen molar-refractivity contribution < 1.29 is 28.6 Å². The van der Waals surface area contributed by atoms with Gasteiger partial charge in [-0.25, -0.2) is 19.0 Å². The van der Waals surface area contributed by atoms with E-state index in [0.717, 1.165) is 22.3 Å². The number of hydrogen-bond acceptors (Lipinski definition) is 10. The molecule has 0 unspecified atom stereocenters. The molecule has 1 N–H and O–H groups in total. The lowest BCUT2D eigenvalue weighted by atomic mass is 10.1. The van der Waals surface area contributed by atoms with Gasteiger partial charge in [0.1, 0.15) is 36.2 Å². The third-order valence-corrected chi connectivity index (χ3v) is 6.38. The van der Waals surface area contributed by atoms with E-state index in [-0.39, 0.29) is 26.1 Å². The molecule has 2 aromatic heterocycles. The van der Waals surface area contributed by atoms with Crippen molar-refractivity contribution in [2.45, 2.75) is 85.4 Å². The lowest BCUT2D eigenvalue weighted by Gasteiger charge is -2.22. The number of nitrogens with one attached hydrogen (secondary N) is 1. The van der Waals surface area contributed by atoms with E-state index >= 15 is 0 Å². The molecule has 0 aliphatic heterocycles. The number of ether oxygens (including phenoxy) is 3. The standard InChI is InChI=1S/C32H39N7O6/c1-22-8-6-10-24(14-22)16-38-18-26(34-36-38)20-43-29(40)13-12-28(33-31(42)45-32(3,4)5)30(41)44-21-27-19-39(37-35-27)17-25-11-7-9-23(2)15-25/h6-11,14-15,18-19,28H,12-13,16-17,20-21H2,1-5H3,(H,33,42)/t28-/m0/s1. The maximum atomic E-state index is 13.0. The van der Waals surface area contributed by atoms with Gasteiger partial charge in [-0.05, 0) is 52.2 Å². The number of hydrogen-bond donors (Lipinski definition) is 1. The second-order valence-electron chi connectivity index (χ2n) is 11.8. The van der Waals surface area contributed by atoms with Gasteiger partial charge in [0.15, 0.2) is 0 Å². The Morgan fingerprint density at radius 1 is 0.822 bits per heavy atom. The third kappa shape index (κ3) is 11.2. The van der Waals surface area contributed by atoms with Crippen molar-refractivity contribution in [1.82, 2.24) is 35.3 Å². The Labute approximate surface area is 261 Å². The summed E-state index contributed by atoms with van der Waals surface area (Å²) in [5, 5.41) is 18.8. The SMILES string of the molecule is Cc1cccc(Cn2cc(COC(=O)CC[C@H](NC(=O)OC(C)(C)C)C(=O)OCc3cn(Cc4cccc(C)c4)nn3)nn2)c1. The van der Waals surface area contributed by atoms with Crippen LogP contribution in [0.5, 0.6) is 0 Å². The number of alkyl carbamates (subject to hydrolysis) is 1. The normalized spacial score (nSPS) is 11.9. The van der Waals surface area contributed by atoms with Gasteiger partial charge in [-0.1, -0.05) is 70.1 Å². The summed E-state index contributed by atoms with van der Waals surface area (Å²) in [5.74, 6) is -1.33. The van der Waals surface area contributed by atoms with Crippen LogP contribution in [0.15, 0.2) is 60.9 Å². The minimum atomic E-state index is -1.16. The fourth-order valence-corrected chi connectivity index (χ4v) is 4.39. The lowest BCUT2D eigenvalue weighted by molar-refractivity contribution is -0.149. The molecule has 1 atom stereocenters. The monoisotopic (exact) mass is 617 g/mol. The molecule has 4 aromatic rings. The summed E-state index contributed by atoms with van der Waals surface area (Å²) in [5.41, 5.74) is 4.54. The molecule has 0 radical (unpaired) electrons. The summed E-state index contributed by atoms with van der Waals surface area (Å²) in [6.45, 7) is 9.93. The quantitative estimate of drug-likeness (QED) is 0.172. The molecule has 45 heavy (non-hydrogen) atoms. The van der Waals surface area contributed by atoms with E-state index in [4.69, 9.17) is 14.2 Å². The topological polar surface area (TPSA) is 152 Å². The van der Waals surface area contributed by atoms with Crippen molar-refractivity contribution >= 4 is 18.0 Å². The number of aromatic nitrogens is 6. The Hall–Kier alpha value is -5.07. The molecule has 1 amide bonds. The smallest absolute Gasteiger partial charge is 0.408 e. The first-order valence-corrected chi connectivity index (χ1v) is 14.6. The molecule has 13 heteroatoms. The van der Waals surface area contributed by atoms with E-state index in [9.17, 15) is 14.4 Å². The predicted octanol–water partition coefficient (Wildman–Crippen LogP) is 4.04. The van der Waals surface area contributed by atoms with Crippen molar-refractivity contribution in [3.8, 4) is 0 Å². The molecule has 238 valence electrons. The van der Waals surface area contributed by atoms with Crippen LogP contribution in [-0.2, 0) is 50.1 Å². The summed E-state index contributed by atoms with van der Waals surface area (Å²) in [6.07, 6.45) is 2.33. The number of nitrogens with zero attached hydrogens (tertiary/aromatic N) is 6. The summed E-state index contributed by atoms with van der Waals surface area (Å²) in [7, 11) is 0. The number of rotatable bonds is 13. The van der Waals surface area contributed by atoms with E-state index in [1.807, 2.05) is 50.2 Å². The first-order valence-electron chi connectivity index (χ1n) is 14.6. The van der Waals surface area contributed by atoms with Gasteiger partial charge in [-0.3, -0.25) is 4.79 Å². The first kappa shape index (κ1) is 32.8. The van der Waals surface area contributed by atoms with Crippen molar-refractivity contribution in [3.05, 3.63) is 94.6 Å². The van der Waals surface area contributed by atoms with E-state index in [1.54, 1.807) is 42.5 Å². The minimum Gasteiger partial charge on any atom is -0.459 e. The maximum absolute atomic E-state index is 13.0. The zero-order chi connectivity index (χ0) is 32.4. The molecule has 0 bridgehead atoms. The minimum absolute atomic E-state index is 0.0724. The number of amides is 1. The third-order valence-electron chi connectivity index (χ3n) is 6.38. The molecule has 0 spiro atoms. The van der Waals surface area contributed by atoms with Gasteiger partial charge in [0, 0.05) is 6.42 Å². The molecule has 0 saturated carbocycles. The number of aryl methyl sites for hydroxylation is 2. The van der Waals surface area contributed by atoms with Crippen LogP contribution in [-0.4, -0.2) is 59.7 Å². The van der Waals surface area contributed by atoms with E-state index < -0.39 is 29.7 Å². The van der Waals surface area contributed by atoms with Crippen LogP contribution in [0.1, 0.15) is 67.3 Å². The fraction of sp³-hybridized carbons (Fsp3) is 0.406. The molecule has 0 fully saturated rings. The number of benzene rings is 2. The van der Waals surface area contributed by atoms with Gasteiger partial charge in [0.05, 0.1) is 25.5 Å². The summed E-state index contributed by atoms with van der Waals surface area (Å²) in [6, 6.07) is 14.9. The maximum Gasteiger partial charge on any atom is 0.408 e. The van der Waals surface area contributed by atoms with Crippen LogP contribution in [0.3, 0.4) is 0 Å². The molecule has 4 rings (SSSR count). The number of carbonyl (C=O) groups is 3. The Balaban J connectivity index is 1.28. The van der Waals surface area contributed by atoms with Gasteiger partial charge < -0.3 is 19.5 Å². The Morgan fingerprint density at radius 3 is 1.87 bits per heavy atom. The lowest BCUT2D eigenvalue weighted by Crippen LogP contribution is -2.44. The van der Waals surface area contributed by atoms with Crippen LogP contribution in [0.25, 0.3) is 0 Å². The van der Waals surface area contributed by atoms with Gasteiger partial charge in [0.25, 0.3) is 0 Å². The molecule has 0 aliphatic rings. The Bertz CT molecular complexity index is 1610. The largest absolute Gasteiger partial charge is 0.459 e. The zero-order valence-corrected chi connectivity index (χ0v) is 26.2. The molecule has 13 nitrogen and oxygen atoms in total. The second-order valence-corrected chi connectivity index (χ2v) is 11.8. The Kier molecular flexibility index (Phi) is 11.0. The Morgan fingerprint density at radius 2 is 1.36 bits per heavy atom. The first-order chi connectivity index (χ1) is 21.4. The van der Waals surface area contributed by atoms with Crippen molar-refractivity contribution in [1.29, 1.82) is 0 Å². The highest BCUT2D eigenvalue weighted by molar-refractivity contribution is 5.82. The average Bonchev–Trinajstić information content (AvgIpc) is 3.61. The van der Waals surface area contributed by atoms with Gasteiger partial charge in [-0.2, -0.15) is 0 Å². The van der Waals surface area contributed by atoms with Crippen molar-refractivity contribution in [3.63, 3.8) is 0 Å². The van der Waals surface area contributed by atoms with E-state index in [2.05, 4.69) is 38.1 Å². The fourth-order valence-electron chi connectivity index (χ4n) is 4.39. The molecule has 0 aliphatic carbocycles. The van der Waals surface area contributed by atoms with Crippen LogP contribution in [0.4, 0.5) is 4.79 Å². The molecule has 0 saturated heterocycles. The summed E-state index contributed by atoms with van der Waals surface area (Å²) >= 11 is 0. The second kappa shape index (κ2) is 15.1. The molecule has 2 heterocycles. The van der Waals surface area contributed by atoms with Crippen LogP contribution >= 0.6 is 0 Å². The number of esters is 2. The highest BCUT2D eigenvalue weighted by Crippen LogP contribution is 2.12. The van der Waals surface area contributed by atoms with Gasteiger partial charge in [0.2, 0.25) is 0 Å². The highest BCUT2D eigenvalue weighted by atomic mass is 16.6. The van der Waals surface area contributed by atoms with Gasteiger partial charge >= 0.3 is 18.0 Å². The van der Waals surface area contributed by atoms with E-state index in [0.29, 0.717) is 24.5 Å². The van der Waals surface area contributed by atoms with Gasteiger partial charge in [-0.15, -0.1) is 10.2 Å². The molecule has 2 aromatic carbocycles. The van der Waals surface area contributed by atoms with Crippen molar-refractivity contribution in [2.24, 2.45) is 0 Å². The zero-order valence-electron chi connectivity index (χ0n) is 26.2. The summed E-state index contributed by atoms with van der Waals surface area (Å²) in [4.78, 5) is 38.0. The molecular formula is C32H39N7O6. The van der Waals surface area contributed by atoms with Crippen LogP contribution in [0.2, 0.25) is 0 Å². The van der Waals surface area contributed by atoms with Crippen LogP contribution < -0.4 is 5.32 Å².